The van der Waals surface area contributed by atoms with Crippen molar-refractivity contribution in [2.24, 2.45) is 0 Å². The van der Waals surface area contributed by atoms with Gasteiger partial charge in [0.15, 0.2) is 5.82 Å². The minimum Gasteiger partial charge on any atom is -0.444 e. The van der Waals surface area contributed by atoms with Crippen molar-refractivity contribution in [2.45, 2.75) is 31.1 Å². The molecule has 10 heteroatoms. The fraction of sp³-hybridized carbons (Fsp3) is 0.190. The average Bonchev–Trinajstić information content (AvgIpc) is 3.39. The molecule has 160 valence electrons. The molecule has 0 amide bonds. The summed E-state index contributed by atoms with van der Waals surface area (Å²) in [6, 6.07) is 8.26. The predicted molar refractivity (Wildman–Crippen MR) is 118 cm³/mol. The van der Waals surface area contributed by atoms with Crippen LogP contribution in [0.15, 0.2) is 70.7 Å². The molecule has 1 N–H and O–H groups in total. The summed E-state index contributed by atoms with van der Waals surface area (Å²) in [5, 5.41) is 4.53. The number of pyridine rings is 1. The van der Waals surface area contributed by atoms with Gasteiger partial charge in [0.2, 0.25) is 5.89 Å². The zero-order valence-electron chi connectivity index (χ0n) is 17.1. The third kappa shape index (κ3) is 4.47. The molecule has 3 heterocycles. The zero-order valence-corrected chi connectivity index (χ0v) is 18.6. The van der Waals surface area contributed by atoms with Gasteiger partial charge < -0.3 is 4.42 Å². The van der Waals surface area contributed by atoms with Gasteiger partial charge in [0, 0.05) is 12.4 Å². The first kappa shape index (κ1) is 21.1. The molecule has 0 aliphatic carbocycles. The topological polar surface area (TPSA) is 103 Å². The molecule has 8 nitrogen and oxygen atoms in total. The minimum atomic E-state index is -3.88. The smallest absolute Gasteiger partial charge is 0.262 e. The molecule has 0 saturated heterocycles. The van der Waals surface area contributed by atoms with Gasteiger partial charge in [-0.05, 0) is 29.2 Å². The highest BCUT2D eigenvalue weighted by Gasteiger charge is 2.20. The lowest BCUT2D eigenvalue weighted by molar-refractivity contribution is 0.574. The van der Waals surface area contributed by atoms with E-state index in [4.69, 9.17) is 16.0 Å². The van der Waals surface area contributed by atoms with Gasteiger partial charge in [-0.3, -0.25) is 4.72 Å². The Hall–Kier alpha value is -3.17. The van der Waals surface area contributed by atoms with Crippen LogP contribution in [0.3, 0.4) is 0 Å². The molecule has 0 atom stereocenters. The number of aromatic nitrogens is 4. The van der Waals surface area contributed by atoms with Gasteiger partial charge in [-0.1, -0.05) is 44.5 Å². The summed E-state index contributed by atoms with van der Waals surface area (Å²) < 4.78 is 35.3. The predicted octanol–water partition coefficient (Wildman–Crippen LogP) is 4.67. The number of anilines is 1. The van der Waals surface area contributed by atoms with Crippen molar-refractivity contribution < 1.29 is 12.8 Å². The summed E-state index contributed by atoms with van der Waals surface area (Å²) in [4.78, 5) is 8.47. The summed E-state index contributed by atoms with van der Waals surface area (Å²) in [5.41, 5.74) is 1.76. The molecule has 0 aliphatic rings. The molecule has 0 spiro atoms. The molecule has 4 aromatic rings. The Morgan fingerprint density at radius 3 is 2.48 bits per heavy atom. The Morgan fingerprint density at radius 1 is 1.10 bits per heavy atom. The van der Waals surface area contributed by atoms with E-state index in [-0.39, 0.29) is 26.8 Å². The standard InChI is InChI=1S/C21H20ClN5O3S/c1-21(2,3)15-4-6-17(7-5-15)31(28,29)26-18-10-16(22)12-24-19(18)27-13-14(11-25-27)20-23-8-9-30-20/h4-13,26H,1-3H3. The van der Waals surface area contributed by atoms with Gasteiger partial charge >= 0.3 is 0 Å². The minimum absolute atomic E-state index is 0.0829. The van der Waals surface area contributed by atoms with Crippen molar-refractivity contribution in [3.63, 3.8) is 0 Å². The molecular weight excluding hydrogens is 438 g/mol. The maximum absolute atomic E-state index is 13.0. The Kier molecular flexibility index (Phi) is 5.32. The first-order chi connectivity index (χ1) is 14.6. The number of nitrogens with zero attached hydrogens (tertiary/aromatic N) is 4. The van der Waals surface area contributed by atoms with Crippen molar-refractivity contribution in [1.29, 1.82) is 0 Å². The molecule has 0 saturated carbocycles. The summed E-state index contributed by atoms with van der Waals surface area (Å²) in [5.74, 6) is 0.651. The summed E-state index contributed by atoms with van der Waals surface area (Å²) in [6.45, 7) is 6.19. The number of hydrogen-bond donors (Lipinski definition) is 1. The normalized spacial score (nSPS) is 12.1. The largest absolute Gasteiger partial charge is 0.444 e. The molecular formula is C21H20ClN5O3S. The fourth-order valence-electron chi connectivity index (χ4n) is 2.94. The van der Waals surface area contributed by atoms with Crippen LogP contribution in [0.4, 0.5) is 5.69 Å². The second-order valence-corrected chi connectivity index (χ2v) is 10.0. The summed E-state index contributed by atoms with van der Waals surface area (Å²) in [6.07, 6.45) is 7.58. The van der Waals surface area contributed by atoms with Crippen LogP contribution in [0.2, 0.25) is 5.02 Å². The Balaban J connectivity index is 1.68. The third-order valence-electron chi connectivity index (χ3n) is 4.59. The average molecular weight is 458 g/mol. The van der Waals surface area contributed by atoms with Gasteiger partial charge in [-0.15, -0.1) is 0 Å². The molecule has 0 unspecified atom stereocenters. The van der Waals surface area contributed by atoms with E-state index in [1.165, 1.54) is 29.4 Å². The monoisotopic (exact) mass is 457 g/mol. The molecule has 0 radical (unpaired) electrons. The summed E-state index contributed by atoms with van der Waals surface area (Å²) in [7, 11) is -3.88. The van der Waals surface area contributed by atoms with E-state index in [1.807, 2.05) is 12.1 Å². The van der Waals surface area contributed by atoms with E-state index in [9.17, 15) is 8.42 Å². The quantitative estimate of drug-likeness (QED) is 0.467. The van der Waals surface area contributed by atoms with E-state index < -0.39 is 10.0 Å². The second-order valence-electron chi connectivity index (χ2n) is 7.92. The lowest BCUT2D eigenvalue weighted by atomic mass is 9.87. The fourth-order valence-corrected chi connectivity index (χ4v) is 4.15. The Labute approximate surface area is 185 Å². The summed E-state index contributed by atoms with van der Waals surface area (Å²) >= 11 is 6.08. The Bertz CT molecular complexity index is 1310. The number of oxazole rings is 1. The lowest BCUT2D eigenvalue weighted by Gasteiger charge is -2.19. The van der Waals surface area contributed by atoms with E-state index in [0.29, 0.717) is 11.5 Å². The van der Waals surface area contributed by atoms with Crippen LogP contribution < -0.4 is 4.72 Å². The third-order valence-corrected chi connectivity index (χ3v) is 6.18. The number of rotatable bonds is 5. The van der Waals surface area contributed by atoms with Crippen molar-refractivity contribution in [1.82, 2.24) is 19.7 Å². The van der Waals surface area contributed by atoms with Crippen LogP contribution >= 0.6 is 11.6 Å². The molecule has 0 fully saturated rings. The van der Waals surface area contributed by atoms with Crippen LogP contribution in [0.5, 0.6) is 0 Å². The van der Waals surface area contributed by atoms with Crippen molar-refractivity contribution in [3.8, 4) is 17.3 Å². The van der Waals surface area contributed by atoms with Crippen LogP contribution in [0.25, 0.3) is 17.3 Å². The van der Waals surface area contributed by atoms with E-state index in [2.05, 4.69) is 40.6 Å². The van der Waals surface area contributed by atoms with Crippen molar-refractivity contribution in [2.75, 3.05) is 4.72 Å². The second kappa shape index (κ2) is 7.82. The Morgan fingerprint density at radius 2 is 1.84 bits per heavy atom. The maximum atomic E-state index is 13.0. The maximum Gasteiger partial charge on any atom is 0.262 e. The van der Waals surface area contributed by atoms with Crippen molar-refractivity contribution >= 4 is 27.3 Å². The van der Waals surface area contributed by atoms with Gasteiger partial charge in [0.25, 0.3) is 10.0 Å². The number of halogens is 1. The highest BCUT2D eigenvalue weighted by Crippen LogP contribution is 2.28. The number of hydrogen-bond acceptors (Lipinski definition) is 6. The van der Waals surface area contributed by atoms with Crippen LogP contribution in [0.1, 0.15) is 26.3 Å². The first-order valence-corrected chi connectivity index (χ1v) is 11.2. The number of benzene rings is 1. The zero-order chi connectivity index (χ0) is 22.2. The van der Waals surface area contributed by atoms with Crippen LogP contribution in [0, 0.1) is 0 Å². The lowest BCUT2D eigenvalue weighted by Crippen LogP contribution is -2.16. The van der Waals surface area contributed by atoms with Gasteiger partial charge in [0.1, 0.15) is 6.26 Å². The van der Waals surface area contributed by atoms with E-state index in [0.717, 1.165) is 5.56 Å². The molecule has 0 bridgehead atoms. The molecule has 4 rings (SSSR count). The number of nitrogens with one attached hydrogen (secondary N) is 1. The van der Waals surface area contributed by atoms with Gasteiger partial charge in [-0.25, -0.2) is 23.1 Å². The highest BCUT2D eigenvalue weighted by molar-refractivity contribution is 7.92. The molecule has 0 aliphatic heterocycles. The molecule has 1 aromatic carbocycles. The highest BCUT2D eigenvalue weighted by atomic mass is 35.5. The van der Waals surface area contributed by atoms with Crippen LogP contribution in [-0.2, 0) is 15.4 Å². The van der Waals surface area contributed by atoms with Crippen molar-refractivity contribution in [3.05, 3.63) is 72.0 Å². The van der Waals surface area contributed by atoms with Crippen LogP contribution in [-0.4, -0.2) is 28.2 Å². The van der Waals surface area contributed by atoms with E-state index >= 15 is 0 Å². The number of sulfonamides is 1. The van der Waals surface area contributed by atoms with Gasteiger partial charge in [0.05, 0.1) is 33.6 Å². The molecule has 31 heavy (non-hydrogen) atoms. The molecule has 3 aromatic heterocycles. The van der Waals surface area contributed by atoms with Gasteiger partial charge in [-0.2, -0.15) is 5.10 Å². The van der Waals surface area contributed by atoms with E-state index in [1.54, 1.807) is 24.5 Å². The SMILES string of the molecule is CC(C)(C)c1ccc(S(=O)(=O)Nc2cc(Cl)cnc2-n2cc(-c3ncco3)cn2)cc1. The first-order valence-electron chi connectivity index (χ1n) is 9.37.